The van der Waals surface area contributed by atoms with Crippen molar-refractivity contribution in [1.82, 2.24) is 10.2 Å². The van der Waals surface area contributed by atoms with E-state index in [1.165, 1.54) is 12.1 Å². The molecule has 0 atom stereocenters. The minimum Gasteiger partial charge on any atom is -0.398 e. The molecule has 0 bridgehead atoms. The highest BCUT2D eigenvalue weighted by Crippen LogP contribution is 2.28. The standard InChI is InChI=1S/C13H17ClN4O2S/c1-7(2)11-6-13(17-16-11)18-21(19,20)12-5-10(15)8(3)4-9(12)14/h4-7H,15H2,1-3H3,(H2,16,17,18). The summed E-state index contributed by atoms with van der Waals surface area (Å²) in [4.78, 5) is -0.0682. The van der Waals surface area contributed by atoms with Crippen molar-refractivity contribution in [2.24, 2.45) is 0 Å². The van der Waals surface area contributed by atoms with Crippen molar-refractivity contribution >= 4 is 33.1 Å². The number of aromatic nitrogens is 2. The number of H-pyrrole nitrogens is 1. The predicted octanol–water partition coefficient (Wildman–Crippen LogP) is 2.88. The van der Waals surface area contributed by atoms with Gasteiger partial charge >= 0.3 is 0 Å². The van der Waals surface area contributed by atoms with Crippen LogP contribution in [0.4, 0.5) is 11.5 Å². The van der Waals surface area contributed by atoms with Crippen molar-refractivity contribution in [3.63, 3.8) is 0 Å². The summed E-state index contributed by atoms with van der Waals surface area (Å²) in [5.41, 5.74) is 7.67. The van der Waals surface area contributed by atoms with E-state index in [9.17, 15) is 8.42 Å². The fourth-order valence-electron chi connectivity index (χ4n) is 1.75. The van der Waals surface area contributed by atoms with Gasteiger partial charge in [-0.3, -0.25) is 9.82 Å². The second-order valence-electron chi connectivity index (χ2n) is 5.11. The summed E-state index contributed by atoms with van der Waals surface area (Å²) in [6, 6.07) is 4.51. The van der Waals surface area contributed by atoms with Gasteiger partial charge in [0.15, 0.2) is 5.82 Å². The van der Waals surface area contributed by atoms with E-state index in [1.54, 1.807) is 13.0 Å². The van der Waals surface area contributed by atoms with E-state index in [-0.39, 0.29) is 21.7 Å². The smallest absolute Gasteiger partial charge is 0.264 e. The molecule has 0 amide bonds. The lowest BCUT2D eigenvalue weighted by Crippen LogP contribution is -2.14. The lowest BCUT2D eigenvalue weighted by Gasteiger charge is -2.09. The highest BCUT2D eigenvalue weighted by molar-refractivity contribution is 7.92. The molecular formula is C13H17ClN4O2S. The first-order valence-electron chi connectivity index (χ1n) is 6.34. The fraction of sp³-hybridized carbons (Fsp3) is 0.308. The molecule has 0 saturated heterocycles. The zero-order valence-electron chi connectivity index (χ0n) is 11.9. The highest BCUT2D eigenvalue weighted by Gasteiger charge is 2.20. The van der Waals surface area contributed by atoms with Gasteiger partial charge in [-0.25, -0.2) is 8.42 Å². The van der Waals surface area contributed by atoms with Crippen LogP contribution in [0, 0.1) is 6.92 Å². The zero-order valence-corrected chi connectivity index (χ0v) is 13.5. The second kappa shape index (κ2) is 5.57. The third-order valence-electron chi connectivity index (χ3n) is 3.07. The normalized spacial score (nSPS) is 11.9. The van der Waals surface area contributed by atoms with E-state index >= 15 is 0 Å². The summed E-state index contributed by atoms with van der Waals surface area (Å²) in [5, 5.41) is 6.83. The Kier molecular flexibility index (Phi) is 4.15. The number of sulfonamides is 1. The molecule has 1 aromatic heterocycles. The van der Waals surface area contributed by atoms with Crippen molar-refractivity contribution < 1.29 is 8.42 Å². The summed E-state index contributed by atoms with van der Waals surface area (Å²) >= 11 is 6.00. The van der Waals surface area contributed by atoms with Crippen LogP contribution in [-0.4, -0.2) is 18.6 Å². The predicted molar refractivity (Wildman–Crippen MR) is 84.1 cm³/mol. The maximum absolute atomic E-state index is 12.4. The molecular weight excluding hydrogens is 312 g/mol. The van der Waals surface area contributed by atoms with Crippen molar-refractivity contribution in [2.45, 2.75) is 31.6 Å². The van der Waals surface area contributed by atoms with Gasteiger partial charge in [0.05, 0.1) is 5.02 Å². The largest absolute Gasteiger partial charge is 0.398 e. The summed E-state index contributed by atoms with van der Waals surface area (Å²) in [7, 11) is -3.84. The number of nitrogens with one attached hydrogen (secondary N) is 2. The molecule has 0 spiro atoms. The van der Waals surface area contributed by atoms with Gasteiger partial charge in [0.2, 0.25) is 0 Å². The minimum absolute atomic E-state index is 0.0682. The van der Waals surface area contributed by atoms with Crippen molar-refractivity contribution in [2.75, 3.05) is 10.5 Å². The average molecular weight is 329 g/mol. The Morgan fingerprint density at radius 3 is 2.57 bits per heavy atom. The van der Waals surface area contributed by atoms with Gasteiger partial charge in [-0.1, -0.05) is 25.4 Å². The molecule has 1 heterocycles. The highest BCUT2D eigenvalue weighted by atomic mass is 35.5. The van der Waals surface area contributed by atoms with Gasteiger partial charge in [0.1, 0.15) is 4.90 Å². The van der Waals surface area contributed by atoms with Crippen LogP contribution >= 0.6 is 11.6 Å². The Hall–Kier alpha value is -1.73. The Labute approximate surface area is 128 Å². The number of rotatable bonds is 4. The molecule has 1 aromatic carbocycles. The van der Waals surface area contributed by atoms with Gasteiger partial charge in [-0.05, 0) is 30.5 Å². The number of anilines is 2. The molecule has 6 nitrogen and oxygen atoms in total. The van der Waals surface area contributed by atoms with Crippen molar-refractivity contribution in [3.05, 3.63) is 34.5 Å². The van der Waals surface area contributed by atoms with E-state index in [2.05, 4.69) is 14.9 Å². The van der Waals surface area contributed by atoms with Crippen molar-refractivity contribution in [1.29, 1.82) is 0 Å². The van der Waals surface area contributed by atoms with E-state index in [1.807, 2.05) is 13.8 Å². The topological polar surface area (TPSA) is 101 Å². The molecule has 0 unspecified atom stereocenters. The Balaban J connectivity index is 2.36. The minimum atomic E-state index is -3.84. The van der Waals surface area contributed by atoms with Gasteiger partial charge in [0.25, 0.3) is 10.0 Å². The molecule has 0 radical (unpaired) electrons. The number of hydrogen-bond acceptors (Lipinski definition) is 4. The first-order valence-corrected chi connectivity index (χ1v) is 8.20. The van der Waals surface area contributed by atoms with Gasteiger partial charge in [0, 0.05) is 17.4 Å². The maximum atomic E-state index is 12.4. The SMILES string of the molecule is Cc1cc(Cl)c(S(=O)(=O)Nc2cc(C(C)C)[nH]n2)cc1N. The van der Waals surface area contributed by atoms with Crippen LogP contribution in [0.25, 0.3) is 0 Å². The van der Waals surface area contributed by atoms with Gasteiger partial charge < -0.3 is 5.73 Å². The summed E-state index contributed by atoms with van der Waals surface area (Å²) in [5.74, 6) is 0.434. The number of benzene rings is 1. The molecule has 4 N–H and O–H groups in total. The number of halogens is 1. The number of aromatic amines is 1. The number of aryl methyl sites for hydroxylation is 1. The molecule has 0 aliphatic rings. The van der Waals surface area contributed by atoms with E-state index in [0.717, 1.165) is 11.3 Å². The third kappa shape index (κ3) is 3.30. The Morgan fingerprint density at radius 2 is 2.00 bits per heavy atom. The quantitative estimate of drug-likeness (QED) is 0.751. The molecule has 8 heteroatoms. The van der Waals surface area contributed by atoms with Crippen LogP contribution in [0.15, 0.2) is 23.1 Å². The monoisotopic (exact) mass is 328 g/mol. The number of nitrogen functional groups attached to an aromatic ring is 1. The molecule has 0 saturated carbocycles. The van der Waals surface area contributed by atoms with E-state index in [4.69, 9.17) is 17.3 Å². The van der Waals surface area contributed by atoms with Crippen LogP contribution in [-0.2, 0) is 10.0 Å². The molecule has 0 aliphatic carbocycles. The molecule has 0 fully saturated rings. The fourth-order valence-corrected chi connectivity index (χ4v) is 3.36. The number of nitrogens with two attached hydrogens (primary N) is 1. The summed E-state index contributed by atoms with van der Waals surface area (Å²) < 4.78 is 27.1. The maximum Gasteiger partial charge on any atom is 0.264 e. The van der Waals surface area contributed by atoms with Crippen LogP contribution in [0.5, 0.6) is 0 Å². The first-order chi connectivity index (χ1) is 9.70. The van der Waals surface area contributed by atoms with Crippen molar-refractivity contribution in [3.8, 4) is 0 Å². The van der Waals surface area contributed by atoms with Gasteiger partial charge in [-0.2, -0.15) is 5.10 Å². The van der Waals surface area contributed by atoms with Crippen LogP contribution in [0.3, 0.4) is 0 Å². The molecule has 2 rings (SSSR count). The molecule has 21 heavy (non-hydrogen) atoms. The van der Waals surface area contributed by atoms with Crippen LogP contribution in [0.1, 0.15) is 31.0 Å². The molecule has 114 valence electrons. The molecule has 0 aliphatic heterocycles. The zero-order chi connectivity index (χ0) is 15.8. The van der Waals surface area contributed by atoms with Crippen LogP contribution in [0.2, 0.25) is 5.02 Å². The van der Waals surface area contributed by atoms with E-state index in [0.29, 0.717) is 5.69 Å². The summed E-state index contributed by atoms with van der Waals surface area (Å²) in [6.07, 6.45) is 0. The number of hydrogen-bond donors (Lipinski definition) is 3. The summed E-state index contributed by atoms with van der Waals surface area (Å²) in [6.45, 7) is 5.71. The van der Waals surface area contributed by atoms with Gasteiger partial charge in [-0.15, -0.1) is 0 Å². The number of nitrogens with zero attached hydrogens (tertiary/aromatic N) is 1. The second-order valence-corrected chi connectivity index (χ2v) is 7.17. The average Bonchev–Trinajstić information content (AvgIpc) is 2.81. The van der Waals surface area contributed by atoms with Crippen LogP contribution < -0.4 is 10.5 Å². The Bertz CT molecular complexity index is 768. The third-order valence-corrected chi connectivity index (χ3v) is 4.89. The lowest BCUT2D eigenvalue weighted by atomic mass is 10.1. The first kappa shape index (κ1) is 15.7. The lowest BCUT2D eigenvalue weighted by molar-refractivity contribution is 0.601. The van der Waals surface area contributed by atoms with E-state index < -0.39 is 10.0 Å². The molecule has 2 aromatic rings. The Morgan fingerprint density at radius 1 is 1.33 bits per heavy atom.